The van der Waals surface area contributed by atoms with Gasteiger partial charge in [0.15, 0.2) is 0 Å². The Morgan fingerprint density at radius 2 is 2.00 bits per heavy atom. The van der Waals surface area contributed by atoms with Gasteiger partial charge in [-0.05, 0) is 42.8 Å². The van der Waals surface area contributed by atoms with Crippen LogP contribution in [-0.4, -0.2) is 0 Å². The fraction of sp³-hybridized carbons (Fsp3) is 0.0769. The highest BCUT2D eigenvalue weighted by Crippen LogP contribution is 2.27. The van der Waals surface area contributed by atoms with Crippen molar-refractivity contribution in [2.75, 3.05) is 11.1 Å². The number of benzene rings is 2. The van der Waals surface area contributed by atoms with E-state index in [4.69, 9.17) is 17.3 Å². The maximum Gasteiger partial charge on any atom is 0.148 e. The second kappa shape index (κ2) is 4.63. The van der Waals surface area contributed by atoms with Crippen molar-refractivity contribution in [2.45, 2.75) is 6.92 Å². The number of hydrogen-bond donors (Lipinski definition) is 2. The highest BCUT2D eigenvalue weighted by Gasteiger charge is 2.04. The van der Waals surface area contributed by atoms with Crippen LogP contribution < -0.4 is 11.1 Å². The van der Waals surface area contributed by atoms with Crippen molar-refractivity contribution in [3.63, 3.8) is 0 Å². The van der Waals surface area contributed by atoms with Crippen LogP contribution in [0.15, 0.2) is 36.4 Å². The third-order valence-electron chi connectivity index (χ3n) is 2.55. The minimum Gasteiger partial charge on any atom is -0.396 e. The molecule has 0 aliphatic carbocycles. The number of nitrogen functional groups attached to an aromatic ring is 1. The van der Waals surface area contributed by atoms with Crippen LogP contribution >= 0.6 is 11.6 Å². The molecule has 0 bridgehead atoms. The largest absolute Gasteiger partial charge is 0.396 e. The molecule has 88 valence electrons. The minimum atomic E-state index is -0.435. The highest BCUT2D eigenvalue weighted by atomic mass is 35.5. The van der Waals surface area contributed by atoms with Crippen LogP contribution in [-0.2, 0) is 0 Å². The van der Waals surface area contributed by atoms with Crippen molar-refractivity contribution >= 4 is 28.7 Å². The molecule has 2 aromatic rings. The number of nitrogens with one attached hydrogen (secondary N) is 1. The van der Waals surface area contributed by atoms with Gasteiger partial charge < -0.3 is 11.1 Å². The average molecular weight is 251 g/mol. The van der Waals surface area contributed by atoms with Gasteiger partial charge in [0.1, 0.15) is 5.82 Å². The van der Waals surface area contributed by atoms with E-state index in [9.17, 15) is 4.39 Å². The number of nitrogens with two attached hydrogens (primary N) is 1. The summed E-state index contributed by atoms with van der Waals surface area (Å²) in [6, 6.07) is 10.1. The molecule has 0 aliphatic heterocycles. The van der Waals surface area contributed by atoms with Gasteiger partial charge in [0.25, 0.3) is 0 Å². The van der Waals surface area contributed by atoms with Gasteiger partial charge in [-0.1, -0.05) is 17.7 Å². The molecule has 0 unspecified atom stereocenters. The van der Waals surface area contributed by atoms with E-state index in [2.05, 4.69) is 5.32 Å². The lowest BCUT2D eigenvalue weighted by molar-refractivity contribution is 0.633. The Balaban J connectivity index is 2.31. The third-order valence-corrected chi connectivity index (χ3v) is 2.96. The molecule has 3 N–H and O–H groups in total. The maximum atomic E-state index is 13.3. The number of anilines is 3. The van der Waals surface area contributed by atoms with Gasteiger partial charge in [0.05, 0.1) is 5.69 Å². The summed E-state index contributed by atoms with van der Waals surface area (Å²) in [5.74, 6) is -0.435. The summed E-state index contributed by atoms with van der Waals surface area (Å²) in [6.45, 7) is 1.90. The fourth-order valence-electron chi connectivity index (χ4n) is 1.50. The summed E-state index contributed by atoms with van der Waals surface area (Å²) in [5, 5.41) is 3.77. The van der Waals surface area contributed by atoms with Gasteiger partial charge in [-0.3, -0.25) is 0 Å². The summed E-state index contributed by atoms with van der Waals surface area (Å²) in [7, 11) is 0. The molecule has 2 aromatic carbocycles. The van der Waals surface area contributed by atoms with E-state index in [1.54, 1.807) is 6.07 Å². The van der Waals surface area contributed by atoms with Crippen LogP contribution in [0, 0.1) is 12.7 Å². The lowest BCUT2D eigenvalue weighted by Gasteiger charge is -2.11. The SMILES string of the molecule is Cc1c(Cl)cccc1Nc1ccc(N)c(F)c1. The van der Waals surface area contributed by atoms with Crippen molar-refractivity contribution < 1.29 is 4.39 Å². The van der Waals surface area contributed by atoms with E-state index < -0.39 is 5.82 Å². The van der Waals surface area contributed by atoms with Gasteiger partial charge in [0.2, 0.25) is 0 Å². The summed E-state index contributed by atoms with van der Waals surface area (Å²) in [6.07, 6.45) is 0. The maximum absolute atomic E-state index is 13.3. The fourth-order valence-corrected chi connectivity index (χ4v) is 1.68. The van der Waals surface area contributed by atoms with E-state index in [0.29, 0.717) is 10.7 Å². The Morgan fingerprint density at radius 3 is 2.71 bits per heavy atom. The number of halogens is 2. The molecule has 0 amide bonds. The minimum absolute atomic E-state index is 0.137. The Bertz CT molecular complexity index is 555. The van der Waals surface area contributed by atoms with E-state index >= 15 is 0 Å². The first-order valence-electron chi connectivity index (χ1n) is 5.15. The lowest BCUT2D eigenvalue weighted by atomic mass is 10.2. The normalized spacial score (nSPS) is 10.3. The lowest BCUT2D eigenvalue weighted by Crippen LogP contribution is -1.96. The molecule has 17 heavy (non-hydrogen) atoms. The first kappa shape index (κ1) is 11.7. The standard InChI is InChI=1S/C13H12ClFN2/c1-8-10(14)3-2-4-13(8)17-9-5-6-12(16)11(15)7-9/h2-7,17H,16H2,1H3. The quantitative estimate of drug-likeness (QED) is 0.787. The average Bonchev–Trinajstić information content (AvgIpc) is 2.30. The van der Waals surface area contributed by atoms with E-state index in [0.717, 1.165) is 11.3 Å². The van der Waals surface area contributed by atoms with Crippen molar-refractivity contribution in [3.8, 4) is 0 Å². The Morgan fingerprint density at radius 1 is 1.24 bits per heavy atom. The first-order chi connectivity index (χ1) is 8.08. The molecule has 0 saturated heterocycles. The summed E-state index contributed by atoms with van der Waals surface area (Å²) in [5.41, 5.74) is 7.96. The molecule has 0 aromatic heterocycles. The topological polar surface area (TPSA) is 38.0 Å². The highest BCUT2D eigenvalue weighted by molar-refractivity contribution is 6.31. The van der Waals surface area contributed by atoms with Gasteiger partial charge in [0, 0.05) is 16.4 Å². The molecule has 2 rings (SSSR count). The number of hydrogen-bond acceptors (Lipinski definition) is 2. The van der Waals surface area contributed by atoms with Gasteiger partial charge in [-0.2, -0.15) is 0 Å². The molecule has 0 saturated carbocycles. The predicted octanol–water partition coefficient (Wildman–Crippen LogP) is 4.11. The second-order valence-corrected chi connectivity index (χ2v) is 4.18. The Kier molecular flexibility index (Phi) is 3.20. The zero-order valence-corrected chi connectivity index (χ0v) is 10.1. The van der Waals surface area contributed by atoms with Crippen LogP contribution in [0.1, 0.15) is 5.56 Å². The second-order valence-electron chi connectivity index (χ2n) is 3.77. The summed E-state index contributed by atoms with van der Waals surface area (Å²) >= 11 is 6.00. The zero-order chi connectivity index (χ0) is 12.4. The van der Waals surface area contributed by atoms with Gasteiger partial charge >= 0.3 is 0 Å². The smallest absolute Gasteiger partial charge is 0.148 e. The van der Waals surface area contributed by atoms with E-state index in [1.165, 1.54) is 12.1 Å². The molecule has 0 aliphatic rings. The molecule has 4 heteroatoms. The Hall–Kier alpha value is -1.74. The molecule has 0 heterocycles. The van der Waals surface area contributed by atoms with Crippen LogP contribution in [0.2, 0.25) is 5.02 Å². The van der Waals surface area contributed by atoms with E-state index in [1.807, 2.05) is 25.1 Å². The van der Waals surface area contributed by atoms with Crippen LogP contribution in [0.5, 0.6) is 0 Å². The molecule has 0 spiro atoms. The van der Waals surface area contributed by atoms with Crippen molar-refractivity contribution in [2.24, 2.45) is 0 Å². The zero-order valence-electron chi connectivity index (χ0n) is 9.30. The van der Waals surface area contributed by atoms with Crippen LogP contribution in [0.25, 0.3) is 0 Å². The molecule has 0 fully saturated rings. The van der Waals surface area contributed by atoms with Gasteiger partial charge in [-0.15, -0.1) is 0 Å². The van der Waals surface area contributed by atoms with Crippen molar-refractivity contribution in [1.82, 2.24) is 0 Å². The van der Waals surface area contributed by atoms with Crippen molar-refractivity contribution in [3.05, 3.63) is 52.8 Å². The monoisotopic (exact) mass is 250 g/mol. The third kappa shape index (κ3) is 2.50. The molecular formula is C13H12ClFN2. The van der Waals surface area contributed by atoms with Crippen molar-refractivity contribution in [1.29, 1.82) is 0 Å². The molecule has 0 atom stereocenters. The predicted molar refractivity (Wildman–Crippen MR) is 70.3 cm³/mol. The van der Waals surface area contributed by atoms with E-state index in [-0.39, 0.29) is 5.69 Å². The molecule has 0 radical (unpaired) electrons. The van der Waals surface area contributed by atoms with Crippen LogP contribution in [0.4, 0.5) is 21.5 Å². The first-order valence-corrected chi connectivity index (χ1v) is 5.53. The van der Waals surface area contributed by atoms with Gasteiger partial charge in [-0.25, -0.2) is 4.39 Å². The Labute approximate surface area is 104 Å². The number of rotatable bonds is 2. The molecule has 2 nitrogen and oxygen atoms in total. The summed E-state index contributed by atoms with van der Waals surface area (Å²) < 4.78 is 13.3. The molecular weight excluding hydrogens is 239 g/mol. The summed E-state index contributed by atoms with van der Waals surface area (Å²) in [4.78, 5) is 0. The van der Waals surface area contributed by atoms with Crippen LogP contribution in [0.3, 0.4) is 0 Å².